The Bertz CT molecular complexity index is 480. The lowest BCUT2D eigenvalue weighted by Crippen LogP contribution is -2.06. The summed E-state index contributed by atoms with van der Waals surface area (Å²) in [4.78, 5) is 4.13. The van der Waals surface area contributed by atoms with Crippen LogP contribution in [0.25, 0.3) is 0 Å². The number of hydrogen-bond acceptors (Lipinski definition) is 4. The molecule has 1 heterocycles. The third kappa shape index (κ3) is 2.56. The van der Waals surface area contributed by atoms with Crippen LogP contribution >= 0.6 is 27.7 Å². The minimum atomic E-state index is 0.451. The molecule has 0 saturated carbocycles. The van der Waals surface area contributed by atoms with Crippen LogP contribution < -0.4 is 5.73 Å². The van der Waals surface area contributed by atoms with Crippen molar-refractivity contribution >= 4 is 33.6 Å². The zero-order valence-electron chi connectivity index (χ0n) is 8.72. The SMILES string of the molecule is CSc1nc(N)n(Cc2ccc(Br)cc2)n1. The van der Waals surface area contributed by atoms with Crippen LogP contribution in [0.5, 0.6) is 0 Å². The Morgan fingerprint density at radius 1 is 1.38 bits per heavy atom. The van der Waals surface area contributed by atoms with E-state index in [0.29, 0.717) is 17.6 Å². The Morgan fingerprint density at radius 3 is 2.62 bits per heavy atom. The van der Waals surface area contributed by atoms with Crippen molar-refractivity contribution in [2.24, 2.45) is 0 Å². The van der Waals surface area contributed by atoms with Gasteiger partial charge in [0, 0.05) is 4.47 Å². The first kappa shape index (κ1) is 11.5. The number of benzene rings is 1. The van der Waals surface area contributed by atoms with Crippen LogP contribution in [0.15, 0.2) is 33.9 Å². The highest BCUT2D eigenvalue weighted by molar-refractivity contribution is 9.10. The predicted octanol–water partition coefficient (Wildman–Crippen LogP) is 2.39. The summed E-state index contributed by atoms with van der Waals surface area (Å²) in [6.07, 6.45) is 1.93. The first-order valence-electron chi connectivity index (χ1n) is 4.68. The smallest absolute Gasteiger partial charge is 0.219 e. The van der Waals surface area contributed by atoms with E-state index >= 15 is 0 Å². The van der Waals surface area contributed by atoms with E-state index in [2.05, 4.69) is 26.0 Å². The van der Waals surface area contributed by atoms with Crippen LogP contribution in [0.4, 0.5) is 5.95 Å². The van der Waals surface area contributed by atoms with Crippen LogP contribution in [0.1, 0.15) is 5.56 Å². The van der Waals surface area contributed by atoms with Gasteiger partial charge in [-0.3, -0.25) is 0 Å². The fraction of sp³-hybridized carbons (Fsp3) is 0.200. The van der Waals surface area contributed by atoms with Gasteiger partial charge < -0.3 is 5.73 Å². The molecule has 0 bridgehead atoms. The largest absolute Gasteiger partial charge is 0.368 e. The van der Waals surface area contributed by atoms with Crippen molar-refractivity contribution in [1.82, 2.24) is 14.8 Å². The summed E-state index contributed by atoms with van der Waals surface area (Å²) in [5.74, 6) is 0.451. The number of nitrogen functional groups attached to an aromatic ring is 1. The van der Waals surface area contributed by atoms with Crippen LogP contribution in [0.2, 0.25) is 0 Å². The normalized spacial score (nSPS) is 10.6. The Hall–Kier alpha value is -1.01. The summed E-state index contributed by atoms with van der Waals surface area (Å²) >= 11 is 4.88. The fourth-order valence-electron chi connectivity index (χ4n) is 1.30. The maximum absolute atomic E-state index is 5.76. The molecule has 0 saturated heterocycles. The maximum atomic E-state index is 5.76. The average molecular weight is 299 g/mol. The number of thioether (sulfide) groups is 1. The molecule has 16 heavy (non-hydrogen) atoms. The highest BCUT2D eigenvalue weighted by Crippen LogP contribution is 2.14. The highest BCUT2D eigenvalue weighted by Gasteiger charge is 2.06. The Labute approximate surface area is 106 Å². The summed E-state index contributed by atoms with van der Waals surface area (Å²) < 4.78 is 2.77. The van der Waals surface area contributed by atoms with Crippen molar-refractivity contribution < 1.29 is 0 Å². The Balaban J connectivity index is 2.19. The number of aromatic nitrogens is 3. The van der Waals surface area contributed by atoms with Gasteiger partial charge in [-0.25, -0.2) is 4.68 Å². The van der Waals surface area contributed by atoms with Gasteiger partial charge in [0.05, 0.1) is 6.54 Å². The molecule has 0 aliphatic rings. The molecule has 0 atom stereocenters. The minimum absolute atomic E-state index is 0.451. The molecule has 2 rings (SSSR count). The van der Waals surface area contributed by atoms with E-state index in [1.54, 1.807) is 4.68 Å². The van der Waals surface area contributed by atoms with Crippen LogP contribution in [0, 0.1) is 0 Å². The van der Waals surface area contributed by atoms with Gasteiger partial charge >= 0.3 is 0 Å². The zero-order chi connectivity index (χ0) is 11.5. The Kier molecular flexibility index (Phi) is 3.50. The molecule has 6 heteroatoms. The second-order valence-electron chi connectivity index (χ2n) is 3.24. The summed E-state index contributed by atoms with van der Waals surface area (Å²) in [6.45, 7) is 0.646. The first-order valence-corrected chi connectivity index (χ1v) is 6.69. The van der Waals surface area contributed by atoms with Gasteiger partial charge in [-0.15, -0.1) is 5.10 Å². The third-order valence-corrected chi connectivity index (χ3v) is 3.18. The molecule has 0 fully saturated rings. The van der Waals surface area contributed by atoms with Gasteiger partial charge in [0.2, 0.25) is 11.1 Å². The maximum Gasteiger partial charge on any atom is 0.219 e. The molecule has 2 aromatic rings. The van der Waals surface area contributed by atoms with Gasteiger partial charge in [-0.2, -0.15) is 4.98 Å². The van der Waals surface area contributed by atoms with Gasteiger partial charge in [0.1, 0.15) is 0 Å². The molecular weight excluding hydrogens is 288 g/mol. The van der Waals surface area contributed by atoms with E-state index in [-0.39, 0.29) is 0 Å². The van der Waals surface area contributed by atoms with Crippen molar-refractivity contribution in [3.05, 3.63) is 34.3 Å². The van der Waals surface area contributed by atoms with Crippen molar-refractivity contribution in [1.29, 1.82) is 0 Å². The van der Waals surface area contributed by atoms with Crippen LogP contribution in [-0.4, -0.2) is 21.0 Å². The van der Waals surface area contributed by atoms with E-state index in [1.165, 1.54) is 11.8 Å². The second kappa shape index (κ2) is 4.88. The first-order chi connectivity index (χ1) is 7.69. The quantitative estimate of drug-likeness (QED) is 0.884. The van der Waals surface area contributed by atoms with Gasteiger partial charge in [0.15, 0.2) is 0 Å². The number of nitrogens with zero attached hydrogens (tertiary/aromatic N) is 3. The van der Waals surface area contributed by atoms with Crippen molar-refractivity contribution in [2.75, 3.05) is 12.0 Å². The highest BCUT2D eigenvalue weighted by atomic mass is 79.9. The number of rotatable bonds is 3. The number of hydrogen-bond donors (Lipinski definition) is 1. The lowest BCUT2D eigenvalue weighted by atomic mass is 10.2. The van der Waals surface area contributed by atoms with E-state index in [1.807, 2.05) is 30.5 Å². The molecule has 0 aliphatic carbocycles. The summed E-state index contributed by atoms with van der Waals surface area (Å²) in [5, 5.41) is 4.98. The lowest BCUT2D eigenvalue weighted by Gasteiger charge is -2.02. The number of nitrogens with two attached hydrogens (primary N) is 1. The minimum Gasteiger partial charge on any atom is -0.368 e. The van der Waals surface area contributed by atoms with Gasteiger partial charge in [-0.1, -0.05) is 39.8 Å². The molecular formula is C10H11BrN4S. The van der Waals surface area contributed by atoms with E-state index < -0.39 is 0 Å². The molecule has 0 amide bonds. The van der Waals surface area contributed by atoms with Crippen molar-refractivity contribution in [3.8, 4) is 0 Å². The molecule has 4 nitrogen and oxygen atoms in total. The fourth-order valence-corrected chi connectivity index (χ4v) is 1.93. The average Bonchev–Trinajstić information content (AvgIpc) is 2.63. The van der Waals surface area contributed by atoms with Gasteiger partial charge in [0.25, 0.3) is 0 Å². The summed E-state index contributed by atoms with van der Waals surface area (Å²) in [5.41, 5.74) is 6.91. The lowest BCUT2D eigenvalue weighted by molar-refractivity contribution is 0.675. The number of anilines is 1. The zero-order valence-corrected chi connectivity index (χ0v) is 11.1. The molecule has 1 aromatic carbocycles. The molecule has 84 valence electrons. The summed E-state index contributed by atoms with van der Waals surface area (Å²) in [6, 6.07) is 8.06. The predicted molar refractivity (Wildman–Crippen MR) is 69.5 cm³/mol. The van der Waals surface area contributed by atoms with E-state index in [9.17, 15) is 0 Å². The topological polar surface area (TPSA) is 56.7 Å². The van der Waals surface area contributed by atoms with Crippen molar-refractivity contribution in [3.63, 3.8) is 0 Å². The monoisotopic (exact) mass is 298 g/mol. The molecule has 2 N–H and O–H groups in total. The molecule has 0 aliphatic heterocycles. The third-order valence-electron chi connectivity index (χ3n) is 2.11. The van der Waals surface area contributed by atoms with Crippen LogP contribution in [-0.2, 0) is 6.54 Å². The standard InChI is InChI=1S/C10H11BrN4S/c1-16-10-13-9(12)15(14-10)6-7-2-4-8(11)5-3-7/h2-5H,6H2,1H3,(H2,12,13,14). The van der Waals surface area contributed by atoms with Crippen LogP contribution in [0.3, 0.4) is 0 Å². The summed E-state index contributed by atoms with van der Waals surface area (Å²) in [7, 11) is 0. The van der Waals surface area contributed by atoms with E-state index in [4.69, 9.17) is 5.73 Å². The Morgan fingerprint density at radius 2 is 2.06 bits per heavy atom. The molecule has 1 aromatic heterocycles. The second-order valence-corrected chi connectivity index (χ2v) is 4.93. The molecule has 0 spiro atoms. The molecule has 0 radical (unpaired) electrons. The molecule has 0 unspecified atom stereocenters. The van der Waals surface area contributed by atoms with Crippen molar-refractivity contribution in [2.45, 2.75) is 11.7 Å². The number of halogens is 1. The van der Waals surface area contributed by atoms with Gasteiger partial charge in [-0.05, 0) is 24.0 Å². The van der Waals surface area contributed by atoms with E-state index in [0.717, 1.165) is 10.0 Å².